The fraction of sp³-hybridized carbons (Fsp3) is 0.167. The number of aliphatic hydroxyl groups is 1. The van der Waals surface area contributed by atoms with Crippen LogP contribution in [0.15, 0.2) is 89.8 Å². The van der Waals surface area contributed by atoms with Gasteiger partial charge in [-0.2, -0.15) is 0 Å². The molecule has 0 unspecified atom stereocenters. The molecular formula is C24H23NO4S. The zero-order valence-corrected chi connectivity index (χ0v) is 17.1. The van der Waals surface area contributed by atoms with Crippen LogP contribution in [0.1, 0.15) is 22.6 Å². The van der Waals surface area contributed by atoms with E-state index in [0.29, 0.717) is 0 Å². The van der Waals surface area contributed by atoms with Crippen LogP contribution in [0.4, 0.5) is 0 Å². The molecule has 154 valence electrons. The third-order valence-electron chi connectivity index (χ3n) is 4.53. The first-order valence-corrected chi connectivity index (χ1v) is 10.5. The van der Waals surface area contributed by atoms with E-state index in [1.165, 1.54) is 22.9 Å². The van der Waals surface area contributed by atoms with Crippen LogP contribution in [0.25, 0.3) is 0 Å². The zero-order chi connectivity index (χ0) is 21.3. The summed E-state index contributed by atoms with van der Waals surface area (Å²) in [5, 5.41) is 8.85. The first-order chi connectivity index (χ1) is 14.6. The SMILES string of the molecule is N[C@@H](CO)C(=O)OC(=O)CSc1cccc(C(c2ccccc2)c2ccccc2)c1. The molecule has 0 amide bonds. The Morgan fingerprint density at radius 3 is 2.00 bits per heavy atom. The van der Waals surface area contributed by atoms with E-state index in [1.807, 2.05) is 54.6 Å². The second-order valence-corrected chi connectivity index (χ2v) is 7.75. The minimum absolute atomic E-state index is 0.0331. The number of carbonyl (C=O) groups excluding carboxylic acids is 2. The predicted octanol–water partition coefficient (Wildman–Crippen LogP) is 3.35. The van der Waals surface area contributed by atoms with Crippen molar-refractivity contribution in [2.75, 3.05) is 12.4 Å². The van der Waals surface area contributed by atoms with Gasteiger partial charge in [-0.15, -0.1) is 11.8 Å². The third-order valence-corrected chi connectivity index (χ3v) is 5.50. The number of ether oxygens (including phenoxy) is 1. The molecule has 0 aliphatic rings. The van der Waals surface area contributed by atoms with E-state index in [1.54, 1.807) is 0 Å². The van der Waals surface area contributed by atoms with E-state index >= 15 is 0 Å². The van der Waals surface area contributed by atoms with Gasteiger partial charge < -0.3 is 15.6 Å². The van der Waals surface area contributed by atoms with Crippen LogP contribution < -0.4 is 5.73 Å². The second kappa shape index (κ2) is 10.7. The number of carbonyl (C=O) groups is 2. The summed E-state index contributed by atoms with van der Waals surface area (Å²) in [6.45, 7) is -0.568. The molecule has 0 aliphatic heterocycles. The summed E-state index contributed by atoms with van der Waals surface area (Å²) < 4.78 is 4.66. The molecule has 0 saturated heterocycles. The largest absolute Gasteiger partial charge is 0.394 e. The number of rotatable bonds is 8. The monoisotopic (exact) mass is 421 g/mol. The molecule has 0 heterocycles. The summed E-state index contributed by atoms with van der Waals surface area (Å²) in [6, 6.07) is 27.3. The fourth-order valence-electron chi connectivity index (χ4n) is 3.09. The summed E-state index contributed by atoms with van der Waals surface area (Å²) in [7, 11) is 0. The van der Waals surface area contributed by atoms with Gasteiger partial charge in [0, 0.05) is 10.8 Å². The predicted molar refractivity (Wildman–Crippen MR) is 117 cm³/mol. The van der Waals surface area contributed by atoms with Crippen LogP contribution in [-0.4, -0.2) is 35.4 Å². The molecule has 0 bridgehead atoms. The van der Waals surface area contributed by atoms with Crippen LogP contribution in [0.2, 0.25) is 0 Å². The van der Waals surface area contributed by atoms with Gasteiger partial charge in [-0.1, -0.05) is 72.8 Å². The van der Waals surface area contributed by atoms with Crippen LogP contribution in [-0.2, 0) is 14.3 Å². The molecule has 3 aromatic rings. The standard InChI is InChI=1S/C24H23NO4S/c25-21(15-26)24(28)29-22(27)16-30-20-13-7-12-19(14-20)23(17-8-3-1-4-9-17)18-10-5-2-6-11-18/h1-14,21,23,26H,15-16,25H2/t21-/m0/s1. The summed E-state index contributed by atoms with van der Waals surface area (Å²) in [5.74, 6) is -1.59. The average molecular weight is 422 g/mol. The van der Waals surface area contributed by atoms with E-state index < -0.39 is 24.6 Å². The molecule has 1 atom stereocenters. The van der Waals surface area contributed by atoms with Gasteiger partial charge in [0.05, 0.1) is 12.4 Å². The molecule has 3 rings (SSSR count). The van der Waals surface area contributed by atoms with Gasteiger partial charge in [-0.05, 0) is 28.8 Å². The molecule has 0 aromatic heterocycles. The maximum Gasteiger partial charge on any atom is 0.332 e. The Morgan fingerprint density at radius 2 is 1.43 bits per heavy atom. The highest BCUT2D eigenvalue weighted by Crippen LogP contribution is 2.33. The highest BCUT2D eigenvalue weighted by atomic mass is 32.2. The third kappa shape index (κ3) is 5.79. The Bertz CT molecular complexity index is 939. The molecule has 0 fully saturated rings. The van der Waals surface area contributed by atoms with Crippen molar-refractivity contribution in [2.45, 2.75) is 16.9 Å². The fourth-order valence-corrected chi connectivity index (χ4v) is 3.82. The second-order valence-electron chi connectivity index (χ2n) is 6.70. The molecule has 6 heteroatoms. The lowest BCUT2D eigenvalue weighted by atomic mass is 9.85. The van der Waals surface area contributed by atoms with Gasteiger partial charge in [0.1, 0.15) is 6.04 Å². The van der Waals surface area contributed by atoms with Gasteiger partial charge in [-0.3, -0.25) is 4.79 Å². The van der Waals surface area contributed by atoms with Crippen molar-refractivity contribution in [1.82, 2.24) is 0 Å². The zero-order valence-electron chi connectivity index (χ0n) is 16.3. The molecule has 0 aliphatic carbocycles. The number of thioether (sulfide) groups is 1. The lowest BCUT2D eigenvalue weighted by Crippen LogP contribution is -2.37. The minimum atomic E-state index is -1.21. The van der Waals surface area contributed by atoms with Gasteiger partial charge in [0.2, 0.25) is 0 Å². The smallest absolute Gasteiger partial charge is 0.332 e. The number of hydrogen-bond acceptors (Lipinski definition) is 6. The van der Waals surface area contributed by atoms with E-state index in [0.717, 1.165) is 10.5 Å². The number of aliphatic hydroxyl groups excluding tert-OH is 1. The molecule has 5 nitrogen and oxygen atoms in total. The molecule has 0 spiro atoms. The highest BCUT2D eigenvalue weighted by molar-refractivity contribution is 8.00. The lowest BCUT2D eigenvalue weighted by Gasteiger charge is -2.19. The van der Waals surface area contributed by atoms with Gasteiger partial charge in [-0.25, -0.2) is 4.79 Å². The van der Waals surface area contributed by atoms with Crippen molar-refractivity contribution < 1.29 is 19.4 Å². The van der Waals surface area contributed by atoms with Crippen molar-refractivity contribution in [1.29, 1.82) is 0 Å². The minimum Gasteiger partial charge on any atom is -0.394 e. The van der Waals surface area contributed by atoms with Gasteiger partial charge >= 0.3 is 11.9 Å². The van der Waals surface area contributed by atoms with Crippen molar-refractivity contribution >= 4 is 23.7 Å². The van der Waals surface area contributed by atoms with Crippen molar-refractivity contribution in [3.05, 3.63) is 102 Å². The van der Waals surface area contributed by atoms with Gasteiger partial charge in [0.15, 0.2) is 0 Å². The van der Waals surface area contributed by atoms with E-state index in [9.17, 15) is 9.59 Å². The Balaban J connectivity index is 1.77. The normalized spacial score (nSPS) is 11.8. The van der Waals surface area contributed by atoms with E-state index in [4.69, 9.17) is 10.8 Å². The molecule has 30 heavy (non-hydrogen) atoms. The van der Waals surface area contributed by atoms with Crippen molar-refractivity contribution in [2.24, 2.45) is 5.73 Å². The number of hydrogen-bond donors (Lipinski definition) is 2. The average Bonchev–Trinajstić information content (AvgIpc) is 2.79. The first-order valence-electron chi connectivity index (χ1n) is 9.52. The van der Waals surface area contributed by atoms with Crippen molar-refractivity contribution in [3.63, 3.8) is 0 Å². The van der Waals surface area contributed by atoms with Crippen LogP contribution in [0, 0.1) is 0 Å². The maximum absolute atomic E-state index is 11.9. The van der Waals surface area contributed by atoms with E-state index in [2.05, 4.69) is 35.1 Å². The highest BCUT2D eigenvalue weighted by Gasteiger charge is 2.19. The molecular weight excluding hydrogens is 398 g/mol. The molecule has 3 aromatic carbocycles. The first kappa shape index (κ1) is 21.8. The van der Waals surface area contributed by atoms with Gasteiger partial charge in [0.25, 0.3) is 0 Å². The topological polar surface area (TPSA) is 89.6 Å². The van der Waals surface area contributed by atoms with E-state index in [-0.39, 0.29) is 11.7 Å². The van der Waals surface area contributed by atoms with Crippen LogP contribution in [0.5, 0.6) is 0 Å². The summed E-state index contributed by atoms with van der Waals surface area (Å²) in [5.41, 5.74) is 8.80. The number of nitrogens with two attached hydrogens (primary N) is 1. The summed E-state index contributed by atoms with van der Waals surface area (Å²) in [4.78, 5) is 24.3. The number of benzene rings is 3. The molecule has 0 saturated carbocycles. The number of esters is 2. The Morgan fingerprint density at radius 1 is 0.867 bits per heavy atom. The van der Waals surface area contributed by atoms with Crippen LogP contribution >= 0.6 is 11.8 Å². The summed E-state index contributed by atoms with van der Waals surface area (Å²) in [6.07, 6.45) is 0. The molecule has 3 N–H and O–H groups in total. The Kier molecular flexibility index (Phi) is 7.79. The van der Waals surface area contributed by atoms with Crippen LogP contribution in [0.3, 0.4) is 0 Å². The Hall–Kier alpha value is -2.93. The summed E-state index contributed by atoms with van der Waals surface area (Å²) >= 11 is 1.28. The Labute approximate surface area is 179 Å². The maximum atomic E-state index is 11.9. The van der Waals surface area contributed by atoms with Crippen molar-refractivity contribution in [3.8, 4) is 0 Å². The lowest BCUT2D eigenvalue weighted by molar-refractivity contribution is -0.159. The quantitative estimate of drug-likeness (QED) is 0.251. The molecule has 0 radical (unpaired) electrons.